The van der Waals surface area contributed by atoms with Crippen LogP contribution in [0.4, 0.5) is 0 Å². The third kappa shape index (κ3) is 6.14. The number of aromatic nitrogens is 2. The van der Waals surface area contributed by atoms with E-state index in [0.29, 0.717) is 44.2 Å². The first-order valence-electron chi connectivity index (χ1n) is 9.13. The zero-order valence-corrected chi connectivity index (χ0v) is 19.7. The molecule has 1 aromatic carbocycles. The van der Waals surface area contributed by atoms with Crippen molar-refractivity contribution in [2.45, 2.75) is 19.0 Å². The molecule has 1 aliphatic rings. The zero-order valence-electron chi connectivity index (χ0n) is 16.0. The van der Waals surface area contributed by atoms with Crippen molar-refractivity contribution in [1.29, 1.82) is 0 Å². The van der Waals surface area contributed by atoms with Crippen LogP contribution in [0.25, 0.3) is 0 Å². The number of carbonyl (C=O) groups excluding carboxylic acids is 1. The summed E-state index contributed by atoms with van der Waals surface area (Å²) in [5.74, 6) is -0.280. The van der Waals surface area contributed by atoms with Crippen LogP contribution < -0.4 is 5.32 Å². The highest BCUT2D eigenvalue weighted by Crippen LogP contribution is 2.17. The largest absolute Gasteiger partial charge is 0.354 e. The van der Waals surface area contributed by atoms with E-state index >= 15 is 0 Å². The van der Waals surface area contributed by atoms with E-state index in [4.69, 9.17) is 11.6 Å². The van der Waals surface area contributed by atoms with Gasteiger partial charge < -0.3 is 9.88 Å². The Balaban J connectivity index is 1.58. The van der Waals surface area contributed by atoms with Crippen molar-refractivity contribution in [1.82, 2.24) is 22.3 Å². The fraction of sp³-hybridized carbons (Fsp3) is 0.444. The Hall–Kier alpha value is -1.21. The van der Waals surface area contributed by atoms with Gasteiger partial charge in [-0.25, -0.2) is 16.5 Å². The van der Waals surface area contributed by atoms with Crippen molar-refractivity contribution in [3.63, 3.8) is 0 Å². The van der Waals surface area contributed by atoms with Gasteiger partial charge in [0.2, 0.25) is 15.9 Å². The fourth-order valence-corrected chi connectivity index (χ4v) is 5.15. The Bertz CT molecular complexity index is 968. The molecule has 0 saturated carbocycles. The van der Waals surface area contributed by atoms with E-state index in [1.807, 2.05) is 31.9 Å². The molecule has 1 aromatic heterocycles. The van der Waals surface area contributed by atoms with E-state index in [1.54, 1.807) is 12.5 Å². The maximum atomic E-state index is 12.7. The Kier molecular flexibility index (Phi) is 7.54. The van der Waals surface area contributed by atoms with Crippen molar-refractivity contribution < 1.29 is 13.2 Å². The summed E-state index contributed by atoms with van der Waals surface area (Å²) >= 11 is 8.17. The Morgan fingerprint density at radius 3 is 2.90 bits per heavy atom. The van der Waals surface area contributed by atoms with E-state index < -0.39 is 16.1 Å². The topological polar surface area (TPSA) is 87.5 Å². The summed E-state index contributed by atoms with van der Waals surface area (Å²) in [4.78, 5) is 16.9. The quantitative estimate of drug-likeness (QED) is 0.417. The van der Waals surface area contributed by atoms with Gasteiger partial charge in [-0.3, -0.25) is 4.79 Å². The number of hydrogen-bond acceptors (Lipinski definition) is 5. The van der Waals surface area contributed by atoms with Gasteiger partial charge in [-0.2, -0.15) is 4.31 Å². The average Bonchev–Trinajstić information content (AvgIpc) is 3.07. The molecule has 0 aliphatic carbocycles. The molecule has 0 spiro atoms. The normalized spacial score (nSPS) is 18.7. The van der Waals surface area contributed by atoms with Crippen molar-refractivity contribution in [3.05, 3.63) is 53.1 Å². The standard InChI is InChI=1S/C18H23ClIN5O3S/c1-29(27,28)25-8-7-24(20)12-17(25)18(26)22-6-5-16-10-21-13-23(16)11-14-3-2-4-15(19)9-14/h2-4,9-10,13,17H,5-8,11-12H2,1H3,(H,22,26). The number of benzene rings is 1. The minimum absolute atomic E-state index is 0.280. The molecular formula is C18H23ClIN5O3S. The predicted molar refractivity (Wildman–Crippen MR) is 120 cm³/mol. The summed E-state index contributed by atoms with van der Waals surface area (Å²) in [6.45, 7) is 2.31. The molecule has 1 unspecified atom stereocenters. The third-order valence-corrected chi connectivity index (χ3v) is 7.13. The molecule has 2 heterocycles. The van der Waals surface area contributed by atoms with Gasteiger partial charge in [0, 0.05) is 78.9 Å². The molecule has 0 bridgehead atoms. The summed E-state index contributed by atoms with van der Waals surface area (Å²) in [5.41, 5.74) is 2.04. The van der Waals surface area contributed by atoms with Crippen LogP contribution in [-0.2, 0) is 27.8 Å². The van der Waals surface area contributed by atoms with Gasteiger partial charge in [-0.1, -0.05) is 23.7 Å². The van der Waals surface area contributed by atoms with E-state index in [-0.39, 0.29) is 5.91 Å². The number of nitrogens with one attached hydrogen (secondary N) is 1. The third-order valence-electron chi connectivity index (χ3n) is 4.73. The zero-order chi connectivity index (χ0) is 21.0. The second-order valence-corrected chi connectivity index (χ2v) is 10.7. The fourth-order valence-electron chi connectivity index (χ4n) is 3.31. The van der Waals surface area contributed by atoms with E-state index in [9.17, 15) is 13.2 Å². The number of amides is 1. The molecule has 29 heavy (non-hydrogen) atoms. The summed E-state index contributed by atoms with van der Waals surface area (Å²) in [7, 11) is -3.44. The maximum Gasteiger partial charge on any atom is 0.239 e. The molecule has 1 aliphatic heterocycles. The van der Waals surface area contributed by atoms with Crippen LogP contribution in [0.3, 0.4) is 0 Å². The Morgan fingerprint density at radius 2 is 2.17 bits per heavy atom. The molecule has 8 nitrogen and oxygen atoms in total. The van der Waals surface area contributed by atoms with Gasteiger partial charge in [-0.15, -0.1) is 0 Å². The maximum absolute atomic E-state index is 12.7. The van der Waals surface area contributed by atoms with E-state index in [0.717, 1.165) is 17.5 Å². The number of carbonyl (C=O) groups is 1. The van der Waals surface area contributed by atoms with Crippen molar-refractivity contribution in [3.8, 4) is 0 Å². The van der Waals surface area contributed by atoms with Gasteiger partial charge in [0.1, 0.15) is 6.04 Å². The predicted octanol–water partition coefficient (Wildman–Crippen LogP) is 1.54. The Labute approximate surface area is 189 Å². The number of sulfonamides is 1. The van der Waals surface area contributed by atoms with Crippen molar-refractivity contribution in [2.75, 3.05) is 32.4 Å². The van der Waals surface area contributed by atoms with Gasteiger partial charge in [0.15, 0.2) is 0 Å². The number of rotatable bonds is 7. The number of imidazole rings is 1. The number of halogens is 2. The molecule has 1 saturated heterocycles. The van der Waals surface area contributed by atoms with Gasteiger partial charge >= 0.3 is 0 Å². The van der Waals surface area contributed by atoms with Crippen LogP contribution in [0.15, 0.2) is 36.8 Å². The molecule has 3 rings (SSSR count). The van der Waals surface area contributed by atoms with Gasteiger partial charge in [-0.05, 0) is 17.7 Å². The summed E-state index contributed by atoms with van der Waals surface area (Å²) in [6.07, 6.45) is 5.25. The van der Waals surface area contributed by atoms with Crippen LogP contribution in [0.5, 0.6) is 0 Å². The summed E-state index contributed by atoms with van der Waals surface area (Å²) < 4.78 is 29.2. The lowest BCUT2D eigenvalue weighted by molar-refractivity contribution is -0.125. The number of nitrogens with zero attached hydrogens (tertiary/aromatic N) is 4. The first kappa shape index (κ1) is 22.5. The summed E-state index contributed by atoms with van der Waals surface area (Å²) in [6, 6.07) is 6.92. The van der Waals surface area contributed by atoms with E-state index in [1.165, 1.54) is 4.31 Å². The molecule has 1 atom stereocenters. The molecule has 158 valence electrons. The van der Waals surface area contributed by atoms with Crippen LogP contribution in [0, 0.1) is 0 Å². The monoisotopic (exact) mass is 551 g/mol. The highest BCUT2D eigenvalue weighted by Gasteiger charge is 2.36. The molecule has 1 amide bonds. The first-order valence-corrected chi connectivity index (χ1v) is 12.3. The molecule has 1 fully saturated rings. The highest BCUT2D eigenvalue weighted by molar-refractivity contribution is 14.1. The second-order valence-electron chi connectivity index (χ2n) is 6.94. The minimum Gasteiger partial charge on any atom is -0.354 e. The minimum atomic E-state index is -3.44. The number of piperazine rings is 1. The average molecular weight is 552 g/mol. The van der Waals surface area contributed by atoms with Gasteiger partial charge in [0.25, 0.3) is 0 Å². The molecular weight excluding hydrogens is 529 g/mol. The molecule has 0 radical (unpaired) electrons. The molecule has 2 aromatic rings. The lowest BCUT2D eigenvalue weighted by atomic mass is 10.2. The van der Waals surface area contributed by atoms with Crippen LogP contribution in [0.2, 0.25) is 5.02 Å². The second kappa shape index (κ2) is 9.73. The van der Waals surface area contributed by atoms with Gasteiger partial charge in [0.05, 0.1) is 12.6 Å². The lowest BCUT2D eigenvalue weighted by Gasteiger charge is -2.36. The molecule has 11 heteroatoms. The molecule has 1 N–H and O–H groups in total. The van der Waals surface area contributed by atoms with Crippen molar-refractivity contribution >= 4 is 50.4 Å². The SMILES string of the molecule is CS(=O)(=O)N1CCN(I)CC1C(=O)NCCc1cncn1Cc1cccc(Cl)c1. The van der Waals surface area contributed by atoms with Crippen LogP contribution in [-0.4, -0.2) is 69.8 Å². The van der Waals surface area contributed by atoms with Crippen molar-refractivity contribution in [2.24, 2.45) is 0 Å². The summed E-state index contributed by atoms with van der Waals surface area (Å²) in [5, 5.41) is 3.56. The first-order chi connectivity index (χ1) is 13.7. The number of hydrogen-bond donors (Lipinski definition) is 1. The van der Waals surface area contributed by atoms with E-state index in [2.05, 4.69) is 33.2 Å². The van der Waals surface area contributed by atoms with Crippen LogP contribution in [0.1, 0.15) is 11.3 Å². The Morgan fingerprint density at radius 1 is 1.38 bits per heavy atom. The highest BCUT2D eigenvalue weighted by atomic mass is 127. The van der Waals surface area contributed by atoms with Crippen LogP contribution >= 0.6 is 34.5 Å². The smallest absolute Gasteiger partial charge is 0.239 e. The lowest BCUT2D eigenvalue weighted by Crippen LogP contribution is -2.58.